The lowest BCUT2D eigenvalue weighted by molar-refractivity contribution is -0.136. The highest BCUT2D eigenvalue weighted by atomic mass is 79.9. The molecule has 0 aliphatic rings. The fourth-order valence-electron chi connectivity index (χ4n) is 2.57. The van der Waals surface area contributed by atoms with Crippen molar-refractivity contribution in [2.24, 2.45) is 5.10 Å². The van der Waals surface area contributed by atoms with Crippen molar-refractivity contribution in [2.75, 3.05) is 12.4 Å². The van der Waals surface area contributed by atoms with Crippen LogP contribution >= 0.6 is 27.5 Å². The first-order valence-electron chi connectivity index (χ1n) is 9.42. The molecule has 2 amide bonds. The van der Waals surface area contributed by atoms with Crippen molar-refractivity contribution in [3.05, 3.63) is 87.4 Å². The van der Waals surface area contributed by atoms with E-state index in [9.17, 15) is 14.4 Å². The largest absolute Gasteiger partial charge is 0.493 e. The molecule has 0 aromatic heterocycles. The number of nitrogens with one attached hydrogen (secondary N) is 2. The van der Waals surface area contributed by atoms with Crippen molar-refractivity contribution in [3.8, 4) is 11.5 Å². The Kier molecular flexibility index (Phi) is 8.17. The van der Waals surface area contributed by atoms with E-state index in [0.717, 1.165) is 4.47 Å². The van der Waals surface area contributed by atoms with Crippen molar-refractivity contribution in [3.63, 3.8) is 0 Å². The highest BCUT2D eigenvalue weighted by Gasteiger charge is 2.16. The first-order valence-corrected chi connectivity index (χ1v) is 10.6. The van der Waals surface area contributed by atoms with Gasteiger partial charge < -0.3 is 14.8 Å². The molecule has 0 bridgehead atoms. The fourth-order valence-corrected chi connectivity index (χ4v) is 3.04. The van der Waals surface area contributed by atoms with Gasteiger partial charge in [-0.25, -0.2) is 10.2 Å². The highest BCUT2D eigenvalue weighted by molar-refractivity contribution is 9.10. The van der Waals surface area contributed by atoms with Crippen LogP contribution in [0.5, 0.6) is 11.5 Å². The standard InChI is InChI=1S/C23H17BrClN3O5/c1-32-20-12-14(6-11-19(20)33-23(31)17-4-2-3-5-18(17)25)13-26-28-22(30)21(29)27-16-9-7-15(24)8-10-16/h2-13H,1H3,(H,27,29)(H,28,30)/b26-13+. The van der Waals surface area contributed by atoms with Gasteiger partial charge in [-0.3, -0.25) is 9.59 Å². The van der Waals surface area contributed by atoms with E-state index < -0.39 is 17.8 Å². The minimum Gasteiger partial charge on any atom is -0.493 e. The van der Waals surface area contributed by atoms with Crippen LogP contribution in [0.25, 0.3) is 0 Å². The predicted octanol–water partition coefficient (Wildman–Crippen LogP) is 4.42. The molecule has 3 aromatic carbocycles. The third-order valence-electron chi connectivity index (χ3n) is 4.17. The number of hydrazone groups is 1. The van der Waals surface area contributed by atoms with Gasteiger partial charge >= 0.3 is 17.8 Å². The first kappa shape index (κ1) is 24.0. The molecule has 0 unspecified atom stereocenters. The van der Waals surface area contributed by atoms with Gasteiger partial charge in [0, 0.05) is 10.2 Å². The van der Waals surface area contributed by atoms with E-state index in [1.165, 1.54) is 19.4 Å². The zero-order valence-electron chi connectivity index (χ0n) is 17.2. The number of benzene rings is 3. The summed E-state index contributed by atoms with van der Waals surface area (Å²) in [5.41, 5.74) is 3.35. The summed E-state index contributed by atoms with van der Waals surface area (Å²) in [6, 6.07) is 17.9. The summed E-state index contributed by atoms with van der Waals surface area (Å²) in [5.74, 6) is -2.00. The van der Waals surface area contributed by atoms with E-state index in [2.05, 4.69) is 31.8 Å². The Morgan fingerprint density at radius 1 is 0.970 bits per heavy atom. The average Bonchev–Trinajstić information content (AvgIpc) is 2.81. The number of amides is 2. The third kappa shape index (κ3) is 6.64. The molecule has 0 atom stereocenters. The molecule has 2 N–H and O–H groups in total. The number of halogens is 2. The van der Waals surface area contributed by atoms with Gasteiger partial charge in [0.2, 0.25) is 0 Å². The number of ether oxygens (including phenoxy) is 2. The Bertz CT molecular complexity index is 1210. The summed E-state index contributed by atoms with van der Waals surface area (Å²) in [4.78, 5) is 36.2. The molecular formula is C23H17BrClN3O5. The number of methoxy groups -OCH3 is 1. The molecule has 0 saturated heterocycles. The molecule has 3 aromatic rings. The SMILES string of the molecule is COc1cc(/C=N/NC(=O)C(=O)Nc2ccc(Br)cc2)ccc1OC(=O)c1ccccc1Cl. The lowest BCUT2D eigenvalue weighted by atomic mass is 10.2. The van der Waals surface area contributed by atoms with Crippen LogP contribution in [0.1, 0.15) is 15.9 Å². The smallest absolute Gasteiger partial charge is 0.345 e. The number of hydrogen-bond acceptors (Lipinski definition) is 6. The normalized spacial score (nSPS) is 10.5. The topological polar surface area (TPSA) is 106 Å². The quantitative estimate of drug-likeness (QED) is 0.161. The average molecular weight is 531 g/mol. The molecule has 0 radical (unpaired) electrons. The molecule has 0 saturated carbocycles. The molecule has 0 spiro atoms. The summed E-state index contributed by atoms with van der Waals surface area (Å²) in [6.45, 7) is 0. The Balaban J connectivity index is 1.61. The number of carbonyl (C=O) groups excluding carboxylic acids is 3. The van der Waals surface area contributed by atoms with Gasteiger partial charge in [0.05, 0.1) is 23.9 Å². The third-order valence-corrected chi connectivity index (χ3v) is 5.03. The Morgan fingerprint density at radius 2 is 1.70 bits per heavy atom. The molecule has 0 aliphatic carbocycles. The maximum atomic E-state index is 12.4. The van der Waals surface area contributed by atoms with Gasteiger partial charge in [0.1, 0.15) is 0 Å². The summed E-state index contributed by atoms with van der Waals surface area (Å²) in [5, 5.41) is 6.49. The number of carbonyl (C=O) groups is 3. The molecule has 33 heavy (non-hydrogen) atoms. The minimum atomic E-state index is -0.938. The van der Waals surface area contributed by atoms with E-state index in [0.29, 0.717) is 11.3 Å². The van der Waals surface area contributed by atoms with Crippen LogP contribution in [0.2, 0.25) is 5.02 Å². The zero-order chi connectivity index (χ0) is 23.8. The van der Waals surface area contributed by atoms with Crippen molar-refractivity contribution >= 4 is 57.2 Å². The Morgan fingerprint density at radius 3 is 2.39 bits per heavy atom. The van der Waals surface area contributed by atoms with Crippen LogP contribution in [-0.4, -0.2) is 31.1 Å². The van der Waals surface area contributed by atoms with E-state index in [1.807, 2.05) is 0 Å². The van der Waals surface area contributed by atoms with E-state index in [4.69, 9.17) is 21.1 Å². The van der Waals surface area contributed by atoms with Crippen LogP contribution in [-0.2, 0) is 9.59 Å². The molecule has 0 aliphatic heterocycles. The summed E-state index contributed by atoms with van der Waals surface area (Å²) < 4.78 is 11.5. The molecule has 3 rings (SSSR count). The van der Waals surface area contributed by atoms with Crippen LogP contribution in [0.4, 0.5) is 5.69 Å². The van der Waals surface area contributed by atoms with Crippen molar-refractivity contribution in [1.82, 2.24) is 5.43 Å². The lowest BCUT2D eigenvalue weighted by Gasteiger charge is -2.10. The number of nitrogens with zero attached hydrogens (tertiary/aromatic N) is 1. The van der Waals surface area contributed by atoms with Gasteiger partial charge in [0.15, 0.2) is 11.5 Å². The first-order chi connectivity index (χ1) is 15.9. The van der Waals surface area contributed by atoms with E-state index in [-0.39, 0.29) is 22.1 Å². The molecule has 0 heterocycles. The molecule has 8 nitrogen and oxygen atoms in total. The summed E-state index contributed by atoms with van der Waals surface area (Å²) >= 11 is 9.31. The summed E-state index contributed by atoms with van der Waals surface area (Å²) in [7, 11) is 1.41. The maximum Gasteiger partial charge on any atom is 0.345 e. The van der Waals surface area contributed by atoms with Gasteiger partial charge in [0.25, 0.3) is 0 Å². The molecular weight excluding hydrogens is 514 g/mol. The van der Waals surface area contributed by atoms with Gasteiger partial charge in [-0.05, 0) is 60.2 Å². The second-order valence-electron chi connectivity index (χ2n) is 6.44. The predicted molar refractivity (Wildman–Crippen MR) is 128 cm³/mol. The lowest BCUT2D eigenvalue weighted by Crippen LogP contribution is -2.32. The minimum absolute atomic E-state index is 0.178. The van der Waals surface area contributed by atoms with Gasteiger partial charge in [-0.1, -0.05) is 39.7 Å². The second kappa shape index (κ2) is 11.3. The van der Waals surface area contributed by atoms with Crippen LogP contribution in [0.3, 0.4) is 0 Å². The van der Waals surface area contributed by atoms with Gasteiger partial charge in [-0.2, -0.15) is 5.10 Å². The van der Waals surface area contributed by atoms with Crippen LogP contribution < -0.4 is 20.2 Å². The number of rotatable bonds is 6. The van der Waals surface area contributed by atoms with E-state index in [1.54, 1.807) is 60.7 Å². The Hall–Kier alpha value is -3.69. The summed E-state index contributed by atoms with van der Waals surface area (Å²) in [6.07, 6.45) is 1.31. The van der Waals surface area contributed by atoms with Crippen molar-refractivity contribution in [2.45, 2.75) is 0 Å². The molecule has 0 fully saturated rings. The number of hydrogen-bond donors (Lipinski definition) is 2. The fraction of sp³-hybridized carbons (Fsp3) is 0.0435. The second-order valence-corrected chi connectivity index (χ2v) is 7.76. The monoisotopic (exact) mass is 529 g/mol. The van der Waals surface area contributed by atoms with Gasteiger partial charge in [-0.15, -0.1) is 0 Å². The Labute approximate surface area is 202 Å². The van der Waals surface area contributed by atoms with Crippen molar-refractivity contribution in [1.29, 1.82) is 0 Å². The molecule has 168 valence electrons. The highest BCUT2D eigenvalue weighted by Crippen LogP contribution is 2.29. The maximum absolute atomic E-state index is 12.4. The zero-order valence-corrected chi connectivity index (χ0v) is 19.5. The van der Waals surface area contributed by atoms with Crippen molar-refractivity contribution < 1.29 is 23.9 Å². The number of esters is 1. The van der Waals surface area contributed by atoms with Crippen LogP contribution in [0.15, 0.2) is 76.3 Å². The van der Waals surface area contributed by atoms with E-state index >= 15 is 0 Å². The number of anilines is 1. The van der Waals surface area contributed by atoms with Crippen LogP contribution in [0, 0.1) is 0 Å². The molecule has 10 heteroatoms.